The molecule has 0 aromatic carbocycles. The van der Waals surface area contributed by atoms with Gasteiger partial charge in [-0.1, -0.05) is 27.7 Å². The first-order chi connectivity index (χ1) is 13.2. The van der Waals surface area contributed by atoms with E-state index >= 15 is 0 Å². The number of nitrogens with one attached hydrogen (secondary N) is 3. The predicted molar refractivity (Wildman–Crippen MR) is 104 cm³/mol. The van der Waals surface area contributed by atoms with Crippen LogP contribution in [0, 0.1) is 5.41 Å². The minimum Gasteiger partial charge on any atom is -0.456 e. The van der Waals surface area contributed by atoms with E-state index in [2.05, 4.69) is 25.9 Å². The van der Waals surface area contributed by atoms with Crippen LogP contribution in [0.5, 0.6) is 11.5 Å². The van der Waals surface area contributed by atoms with E-state index in [9.17, 15) is 14.4 Å². The Balaban J connectivity index is 1.96. The molecule has 0 saturated heterocycles. The lowest BCUT2D eigenvalue weighted by Gasteiger charge is -2.16. The van der Waals surface area contributed by atoms with Crippen LogP contribution in [0.1, 0.15) is 34.1 Å². The molecule has 9 heteroatoms. The van der Waals surface area contributed by atoms with Gasteiger partial charge in [-0.15, -0.1) is 0 Å². The quantitative estimate of drug-likeness (QED) is 0.726. The Kier molecular flexibility index (Phi) is 6.64. The normalized spacial score (nSPS) is 10.7. The van der Waals surface area contributed by atoms with Crippen molar-refractivity contribution in [1.82, 2.24) is 15.3 Å². The molecule has 2 heterocycles. The third-order valence-electron chi connectivity index (χ3n) is 3.44. The van der Waals surface area contributed by atoms with Gasteiger partial charge in [0, 0.05) is 24.1 Å². The van der Waals surface area contributed by atoms with Crippen molar-refractivity contribution in [2.24, 2.45) is 5.41 Å². The lowest BCUT2D eigenvalue weighted by Crippen LogP contribution is -2.41. The number of amides is 4. The number of urea groups is 1. The Labute approximate surface area is 162 Å². The molecule has 0 radical (unpaired) electrons. The summed E-state index contributed by atoms with van der Waals surface area (Å²) in [5, 5.41) is 7.37. The molecule has 0 unspecified atom stereocenters. The molecule has 0 aliphatic carbocycles. The molecule has 2 rings (SSSR count). The Morgan fingerprint density at radius 1 is 1.00 bits per heavy atom. The molecule has 4 amide bonds. The van der Waals surface area contributed by atoms with Crippen molar-refractivity contribution in [1.29, 1.82) is 0 Å². The van der Waals surface area contributed by atoms with Gasteiger partial charge < -0.3 is 10.1 Å². The molecule has 0 spiro atoms. The molecule has 9 nitrogen and oxygen atoms in total. The van der Waals surface area contributed by atoms with Crippen LogP contribution in [0.3, 0.4) is 0 Å². The van der Waals surface area contributed by atoms with Gasteiger partial charge in [0.05, 0.1) is 6.20 Å². The molecule has 28 heavy (non-hydrogen) atoms. The second-order valence-electron chi connectivity index (χ2n) is 6.92. The molecule has 2 aromatic rings. The van der Waals surface area contributed by atoms with Crippen molar-refractivity contribution >= 4 is 29.5 Å². The molecule has 0 bridgehead atoms. The summed E-state index contributed by atoms with van der Waals surface area (Å²) >= 11 is 0. The maximum absolute atomic E-state index is 11.8. The average molecular weight is 385 g/mol. The zero-order chi connectivity index (χ0) is 20.7. The number of pyridine rings is 2. The number of anilines is 2. The van der Waals surface area contributed by atoms with E-state index < -0.39 is 17.4 Å². The monoisotopic (exact) mass is 385 g/mol. The molecule has 3 N–H and O–H groups in total. The van der Waals surface area contributed by atoms with E-state index in [0.29, 0.717) is 23.7 Å². The summed E-state index contributed by atoms with van der Waals surface area (Å²) < 4.78 is 5.67. The van der Waals surface area contributed by atoms with Crippen LogP contribution >= 0.6 is 0 Å². The van der Waals surface area contributed by atoms with Crippen molar-refractivity contribution in [3.05, 3.63) is 36.7 Å². The second-order valence-corrected chi connectivity index (χ2v) is 6.92. The van der Waals surface area contributed by atoms with Crippen LogP contribution in [-0.2, 0) is 9.59 Å². The molecule has 0 saturated carbocycles. The van der Waals surface area contributed by atoms with Gasteiger partial charge in [0.25, 0.3) is 0 Å². The largest absolute Gasteiger partial charge is 0.456 e. The van der Waals surface area contributed by atoms with E-state index in [-0.39, 0.29) is 11.7 Å². The maximum Gasteiger partial charge on any atom is 0.327 e. The van der Waals surface area contributed by atoms with Gasteiger partial charge in [0.1, 0.15) is 23.1 Å². The summed E-state index contributed by atoms with van der Waals surface area (Å²) in [6.07, 6.45) is 3.28. The molecular weight excluding hydrogens is 362 g/mol. The summed E-state index contributed by atoms with van der Waals surface area (Å²) in [5.74, 6) is 1.000. The van der Waals surface area contributed by atoms with Crippen molar-refractivity contribution in [3.8, 4) is 11.5 Å². The van der Waals surface area contributed by atoms with Crippen molar-refractivity contribution in [3.63, 3.8) is 0 Å². The molecule has 148 valence electrons. The standard InChI is InChI=1S/C19H23N5O4/c1-5-16(25)22-15-10-12(8-9-20-15)28-13-6-7-14(21-11-13)23-18(27)24-17(26)19(2,3)4/h6-11H,5H2,1-4H3,(H,20,22,25)(H2,21,23,24,26,27). The van der Waals surface area contributed by atoms with Gasteiger partial charge in [0.15, 0.2) is 0 Å². The second kappa shape index (κ2) is 8.94. The van der Waals surface area contributed by atoms with Gasteiger partial charge in [-0.05, 0) is 18.2 Å². The third-order valence-corrected chi connectivity index (χ3v) is 3.44. The Hall–Kier alpha value is -3.49. The first-order valence-corrected chi connectivity index (χ1v) is 8.69. The number of carbonyl (C=O) groups excluding carboxylic acids is 3. The van der Waals surface area contributed by atoms with Gasteiger partial charge in [-0.25, -0.2) is 14.8 Å². The number of aromatic nitrogens is 2. The van der Waals surface area contributed by atoms with Crippen molar-refractivity contribution in [2.45, 2.75) is 34.1 Å². The van der Waals surface area contributed by atoms with Crippen LogP contribution in [0.2, 0.25) is 0 Å². The lowest BCUT2D eigenvalue weighted by molar-refractivity contribution is -0.127. The Bertz CT molecular complexity index is 859. The van der Waals surface area contributed by atoms with Gasteiger partial charge >= 0.3 is 6.03 Å². The Morgan fingerprint density at radius 2 is 1.75 bits per heavy atom. The molecule has 0 fully saturated rings. The topological polar surface area (TPSA) is 122 Å². The van der Waals surface area contributed by atoms with E-state index in [1.807, 2.05) is 0 Å². The zero-order valence-electron chi connectivity index (χ0n) is 16.2. The smallest absolute Gasteiger partial charge is 0.327 e. The third kappa shape index (κ3) is 6.35. The highest BCUT2D eigenvalue weighted by Crippen LogP contribution is 2.23. The van der Waals surface area contributed by atoms with Crippen LogP contribution in [-0.4, -0.2) is 27.8 Å². The number of ether oxygens (including phenoxy) is 1. The Morgan fingerprint density at radius 3 is 2.36 bits per heavy atom. The number of hydrogen-bond acceptors (Lipinski definition) is 6. The fraction of sp³-hybridized carbons (Fsp3) is 0.316. The van der Waals surface area contributed by atoms with E-state index in [4.69, 9.17) is 4.74 Å². The highest BCUT2D eigenvalue weighted by Gasteiger charge is 2.23. The highest BCUT2D eigenvalue weighted by atomic mass is 16.5. The van der Waals surface area contributed by atoms with E-state index in [1.54, 1.807) is 45.9 Å². The molecule has 0 atom stereocenters. The van der Waals surface area contributed by atoms with Crippen LogP contribution in [0.15, 0.2) is 36.7 Å². The average Bonchev–Trinajstić information content (AvgIpc) is 2.62. The molecular formula is C19H23N5O4. The van der Waals surface area contributed by atoms with Crippen LogP contribution < -0.4 is 20.7 Å². The highest BCUT2D eigenvalue weighted by molar-refractivity contribution is 6.02. The molecule has 2 aromatic heterocycles. The SMILES string of the molecule is CCC(=O)Nc1cc(Oc2ccc(NC(=O)NC(=O)C(C)(C)C)nc2)ccn1. The first-order valence-electron chi connectivity index (χ1n) is 8.69. The first kappa shape index (κ1) is 20.8. The van der Waals surface area contributed by atoms with Crippen LogP contribution in [0.25, 0.3) is 0 Å². The van der Waals surface area contributed by atoms with E-state index in [1.165, 1.54) is 18.5 Å². The number of nitrogens with zero attached hydrogens (tertiary/aromatic N) is 2. The predicted octanol–water partition coefficient (Wildman–Crippen LogP) is 3.31. The van der Waals surface area contributed by atoms with Crippen molar-refractivity contribution in [2.75, 3.05) is 10.6 Å². The minimum atomic E-state index is -0.678. The molecule has 0 aliphatic rings. The van der Waals surface area contributed by atoms with E-state index in [0.717, 1.165) is 0 Å². The van der Waals surface area contributed by atoms with Crippen LogP contribution in [0.4, 0.5) is 16.4 Å². The number of rotatable bonds is 5. The van der Waals surface area contributed by atoms with Crippen molar-refractivity contribution < 1.29 is 19.1 Å². The summed E-state index contributed by atoms with van der Waals surface area (Å²) in [6.45, 7) is 6.87. The number of hydrogen-bond donors (Lipinski definition) is 3. The van der Waals surface area contributed by atoms with Gasteiger partial charge in [-0.3, -0.25) is 20.2 Å². The van der Waals surface area contributed by atoms with Gasteiger partial charge in [-0.2, -0.15) is 0 Å². The fourth-order valence-corrected chi connectivity index (χ4v) is 1.86. The summed E-state index contributed by atoms with van der Waals surface area (Å²) in [7, 11) is 0. The number of imide groups is 1. The van der Waals surface area contributed by atoms with Gasteiger partial charge in [0.2, 0.25) is 11.8 Å². The lowest BCUT2D eigenvalue weighted by atomic mass is 9.96. The zero-order valence-corrected chi connectivity index (χ0v) is 16.2. The summed E-state index contributed by atoms with van der Waals surface area (Å²) in [6, 6.07) is 5.72. The fourth-order valence-electron chi connectivity index (χ4n) is 1.86. The number of carbonyl (C=O) groups is 3. The molecule has 0 aliphatic heterocycles. The summed E-state index contributed by atoms with van der Waals surface area (Å²) in [5.41, 5.74) is -0.678. The minimum absolute atomic E-state index is 0.148. The summed E-state index contributed by atoms with van der Waals surface area (Å²) in [4.78, 5) is 43.2. The maximum atomic E-state index is 11.8.